The van der Waals surface area contributed by atoms with Crippen molar-refractivity contribution in [1.82, 2.24) is 9.78 Å². The van der Waals surface area contributed by atoms with Gasteiger partial charge in [0.25, 0.3) is 0 Å². The standard InChI is InChI=1S/C10H15N3O4/c1-4-17-9(14)5-8(3)12-6-7(2)10(11-12)13(15)16/h6,8H,4-5H2,1-3H3. The smallest absolute Gasteiger partial charge is 0.392 e. The Hall–Kier alpha value is -1.92. The van der Waals surface area contributed by atoms with E-state index in [4.69, 9.17) is 4.74 Å². The van der Waals surface area contributed by atoms with E-state index >= 15 is 0 Å². The number of ether oxygens (including phenoxy) is 1. The summed E-state index contributed by atoms with van der Waals surface area (Å²) in [6.45, 7) is 5.42. The molecule has 0 aliphatic heterocycles. The van der Waals surface area contributed by atoms with Gasteiger partial charge in [0, 0.05) is 0 Å². The van der Waals surface area contributed by atoms with Crippen LogP contribution in [0.3, 0.4) is 0 Å². The van der Waals surface area contributed by atoms with E-state index in [0.29, 0.717) is 12.2 Å². The Bertz CT molecular complexity index is 427. The van der Waals surface area contributed by atoms with Crippen LogP contribution in [-0.2, 0) is 9.53 Å². The Kier molecular flexibility index (Phi) is 4.19. The molecular formula is C10H15N3O4. The minimum absolute atomic E-state index is 0.145. The molecule has 0 saturated carbocycles. The van der Waals surface area contributed by atoms with E-state index in [2.05, 4.69) is 5.10 Å². The zero-order chi connectivity index (χ0) is 13.0. The number of rotatable bonds is 5. The highest BCUT2D eigenvalue weighted by Crippen LogP contribution is 2.19. The summed E-state index contributed by atoms with van der Waals surface area (Å²) in [5, 5.41) is 14.5. The van der Waals surface area contributed by atoms with Gasteiger partial charge in [0.05, 0.1) is 35.9 Å². The second kappa shape index (κ2) is 5.42. The number of hydrogen-bond acceptors (Lipinski definition) is 5. The van der Waals surface area contributed by atoms with Crippen LogP contribution in [0.1, 0.15) is 31.9 Å². The van der Waals surface area contributed by atoms with Crippen LogP contribution in [-0.4, -0.2) is 27.3 Å². The molecule has 0 saturated heterocycles. The molecule has 0 N–H and O–H groups in total. The van der Waals surface area contributed by atoms with Gasteiger partial charge in [0.2, 0.25) is 0 Å². The van der Waals surface area contributed by atoms with E-state index in [1.165, 1.54) is 4.68 Å². The van der Waals surface area contributed by atoms with Gasteiger partial charge in [0.1, 0.15) is 0 Å². The van der Waals surface area contributed by atoms with Gasteiger partial charge in [-0.3, -0.25) is 4.79 Å². The third-order valence-electron chi connectivity index (χ3n) is 2.28. The van der Waals surface area contributed by atoms with Gasteiger partial charge >= 0.3 is 11.8 Å². The van der Waals surface area contributed by atoms with Crippen molar-refractivity contribution in [2.45, 2.75) is 33.2 Å². The summed E-state index contributed by atoms with van der Waals surface area (Å²) in [6.07, 6.45) is 1.70. The van der Waals surface area contributed by atoms with Crippen LogP contribution in [0.15, 0.2) is 6.20 Å². The summed E-state index contributed by atoms with van der Waals surface area (Å²) >= 11 is 0. The molecule has 0 aliphatic carbocycles. The van der Waals surface area contributed by atoms with Crippen LogP contribution in [0.5, 0.6) is 0 Å². The van der Waals surface area contributed by atoms with Crippen molar-refractivity contribution >= 4 is 11.8 Å². The number of aromatic nitrogens is 2. The maximum absolute atomic E-state index is 11.3. The Balaban J connectivity index is 2.76. The Labute approximate surface area is 98.5 Å². The molecule has 0 spiro atoms. The fourth-order valence-electron chi connectivity index (χ4n) is 1.43. The van der Waals surface area contributed by atoms with E-state index in [1.54, 1.807) is 27.0 Å². The highest BCUT2D eigenvalue weighted by atomic mass is 16.6. The lowest BCUT2D eigenvalue weighted by Crippen LogP contribution is -2.14. The molecule has 0 fully saturated rings. The summed E-state index contributed by atoms with van der Waals surface area (Å²) in [6, 6.07) is -0.263. The van der Waals surface area contributed by atoms with Crippen LogP contribution in [0, 0.1) is 17.0 Å². The van der Waals surface area contributed by atoms with Gasteiger partial charge in [-0.25, -0.2) is 0 Å². The van der Waals surface area contributed by atoms with Crippen molar-refractivity contribution < 1.29 is 14.5 Å². The molecule has 1 rings (SSSR count). The lowest BCUT2D eigenvalue weighted by molar-refractivity contribution is -0.390. The van der Waals surface area contributed by atoms with Gasteiger partial charge in [-0.1, -0.05) is 0 Å². The van der Waals surface area contributed by atoms with Gasteiger partial charge in [0.15, 0.2) is 0 Å². The molecule has 0 bridgehead atoms. The van der Waals surface area contributed by atoms with Crippen molar-refractivity contribution in [3.63, 3.8) is 0 Å². The van der Waals surface area contributed by atoms with Crippen LogP contribution >= 0.6 is 0 Å². The van der Waals surface area contributed by atoms with Crippen molar-refractivity contribution in [1.29, 1.82) is 0 Å². The molecule has 1 heterocycles. The fourth-order valence-corrected chi connectivity index (χ4v) is 1.43. The molecule has 1 atom stereocenters. The van der Waals surface area contributed by atoms with Gasteiger partial charge < -0.3 is 14.9 Å². The van der Waals surface area contributed by atoms with Crippen LogP contribution in [0.2, 0.25) is 0 Å². The molecule has 7 heteroatoms. The molecule has 1 aromatic rings. The molecule has 0 aliphatic rings. The van der Waals surface area contributed by atoms with E-state index in [1.807, 2.05) is 0 Å². The molecule has 0 radical (unpaired) electrons. The van der Waals surface area contributed by atoms with Gasteiger partial charge in [-0.05, 0) is 25.7 Å². The first-order valence-electron chi connectivity index (χ1n) is 5.31. The Morgan fingerprint density at radius 3 is 2.82 bits per heavy atom. The van der Waals surface area contributed by atoms with Crippen LogP contribution in [0.25, 0.3) is 0 Å². The van der Waals surface area contributed by atoms with Crippen LogP contribution < -0.4 is 0 Å². The molecule has 0 aromatic carbocycles. The van der Waals surface area contributed by atoms with Crippen molar-refractivity contribution in [3.05, 3.63) is 21.9 Å². The average molecular weight is 241 g/mol. The van der Waals surface area contributed by atoms with E-state index in [0.717, 1.165) is 0 Å². The molecule has 1 aromatic heterocycles. The molecule has 1 unspecified atom stereocenters. The highest BCUT2D eigenvalue weighted by molar-refractivity contribution is 5.69. The number of nitro groups is 1. The van der Waals surface area contributed by atoms with Crippen molar-refractivity contribution in [2.24, 2.45) is 0 Å². The maximum atomic E-state index is 11.3. The first kappa shape index (κ1) is 13.1. The zero-order valence-corrected chi connectivity index (χ0v) is 10.0. The topological polar surface area (TPSA) is 87.3 Å². The largest absolute Gasteiger partial charge is 0.466 e. The van der Waals surface area contributed by atoms with Crippen LogP contribution in [0.4, 0.5) is 5.82 Å². The summed E-state index contributed by atoms with van der Waals surface area (Å²) in [5.74, 6) is -0.517. The lowest BCUT2D eigenvalue weighted by Gasteiger charge is -2.07. The number of nitrogens with zero attached hydrogens (tertiary/aromatic N) is 3. The second-order valence-electron chi connectivity index (χ2n) is 3.73. The summed E-state index contributed by atoms with van der Waals surface area (Å²) in [4.78, 5) is 21.3. The number of aryl methyl sites for hydroxylation is 1. The third-order valence-corrected chi connectivity index (χ3v) is 2.28. The lowest BCUT2D eigenvalue weighted by atomic mass is 10.2. The molecule has 17 heavy (non-hydrogen) atoms. The minimum atomic E-state index is -0.539. The highest BCUT2D eigenvalue weighted by Gasteiger charge is 2.21. The average Bonchev–Trinajstić information content (AvgIpc) is 2.60. The molecular weight excluding hydrogens is 226 g/mol. The summed E-state index contributed by atoms with van der Waals surface area (Å²) < 4.78 is 6.23. The predicted octanol–water partition coefficient (Wildman–Crippen LogP) is 1.61. The first-order valence-corrected chi connectivity index (χ1v) is 5.31. The third kappa shape index (κ3) is 3.27. The van der Waals surface area contributed by atoms with Crippen molar-refractivity contribution in [2.75, 3.05) is 6.61 Å². The Morgan fingerprint density at radius 2 is 2.35 bits per heavy atom. The maximum Gasteiger partial charge on any atom is 0.392 e. The Morgan fingerprint density at radius 1 is 1.71 bits per heavy atom. The van der Waals surface area contributed by atoms with Gasteiger partial charge in [-0.15, -0.1) is 0 Å². The van der Waals surface area contributed by atoms with Gasteiger partial charge in [-0.2, -0.15) is 4.68 Å². The minimum Gasteiger partial charge on any atom is -0.466 e. The SMILES string of the molecule is CCOC(=O)CC(C)n1cc(C)c([N+](=O)[O-])n1. The number of carbonyl (C=O) groups is 1. The second-order valence-corrected chi connectivity index (χ2v) is 3.73. The molecule has 94 valence electrons. The van der Waals surface area contributed by atoms with E-state index in [-0.39, 0.29) is 24.2 Å². The molecule has 0 amide bonds. The van der Waals surface area contributed by atoms with E-state index < -0.39 is 4.92 Å². The monoisotopic (exact) mass is 241 g/mol. The number of esters is 1. The van der Waals surface area contributed by atoms with Crippen molar-refractivity contribution in [3.8, 4) is 0 Å². The van der Waals surface area contributed by atoms with E-state index in [9.17, 15) is 14.9 Å². The summed E-state index contributed by atoms with van der Waals surface area (Å²) in [5.41, 5.74) is 0.478. The zero-order valence-electron chi connectivity index (χ0n) is 10.0. The first-order chi connectivity index (χ1) is 7.95. The number of hydrogen-bond donors (Lipinski definition) is 0. The molecule has 7 nitrogen and oxygen atoms in total. The number of carbonyl (C=O) groups excluding carboxylic acids is 1. The quantitative estimate of drug-likeness (QED) is 0.444. The summed E-state index contributed by atoms with van der Waals surface area (Å²) in [7, 11) is 0. The predicted molar refractivity (Wildman–Crippen MR) is 59.6 cm³/mol. The fraction of sp³-hybridized carbons (Fsp3) is 0.600. The normalized spacial score (nSPS) is 12.2.